The second kappa shape index (κ2) is 5.83. The quantitative estimate of drug-likeness (QED) is 0.750. The molecule has 0 saturated carbocycles. The lowest BCUT2D eigenvalue weighted by Gasteiger charge is -2.24. The molecule has 1 saturated heterocycles. The lowest BCUT2D eigenvalue weighted by molar-refractivity contribution is 0.0810. The van der Waals surface area contributed by atoms with Crippen molar-refractivity contribution in [2.45, 2.75) is 45.3 Å². The van der Waals surface area contributed by atoms with Crippen molar-refractivity contribution in [3.05, 3.63) is 0 Å². The van der Waals surface area contributed by atoms with Crippen molar-refractivity contribution in [1.82, 2.24) is 10.2 Å². The van der Waals surface area contributed by atoms with Crippen LogP contribution in [0.25, 0.3) is 0 Å². The molecule has 3 heteroatoms. The number of nitrogens with one attached hydrogen (secondary N) is 1. The van der Waals surface area contributed by atoms with Gasteiger partial charge in [0.25, 0.3) is 0 Å². The van der Waals surface area contributed by atoms with Gasteiger partial charge in [-0.15, -0.1) is 0 Å². The normalized spacial score (nSPS) is 22.6. The Kier molecular flexibility index (Phi) is 5.03. The van der Waals surface area contributed by atoms with Crippen LogP contribution in [0.1, 0.15) is 33.6 Å². The maximum atomic E-state index is 5.61. The van der Waals surface area contributed by atoms with Gasteiger partial charge in [0.1, 0.15) is 0 Å². The van der Waals surface area contributed by atoms with Gasteiger partial charge in [-0.2, -0.15) is 0 Å². The maximum absolute atomic E-state index is 5.61. The van der Waals surface area contributed by atoms with Crippen LogP contribution in [0.15, 0.2) is 0 Å². The Hall–Kier alpha value is -0.120. The highest BCUT2D eigenvalue weighted by atomic mass is 16.5. The molecule has 1 rings (SSSR count). The van der Waals surface area contributed by atoms with Gasteiger partial charge in [-0.25, -0.2) is 0 Å². The van der Waals surface area contributed by atoms with E-state index < -0.39 is 0 Å². The molecule has 1 N–H and O–H groups in total. The molecule has 3 nitrogen and oxygen atoms in total. The molecule has 0 unspecified atom stereocenters. The first-order valence-corrected chi connectivity index (χ1v) is 6.02. The van der Waals surface area contributed by atoms with Gasteiger partial charge in [0.15, 0.2) is 0 Å². The van der Waals surface area contributed by atoms with Crippen molar-refractivity contribution in [3.8, 4) is 0 Å². The molecule has 90 valence electrons. The van der Waals surface area contributed by atoms with Gasteiger partial charge in [0, 0.05) is 31.8 Å². The van der Waals surface area contributed by atoms with Crippen LogP contribution in [0.3, 0.4) is 0 Å². The fraction of sp³-hybridized carbons (Fsp3) is 1.00. The minimum absolute atomic E-state index is 0.227. The number of hydrogen-bond acceptors (Lipinski definition) is 3. The van der Waals surface area contributed by atoms with Gasteiger partial charge < -0.3 is 15.0 Å². The van der Waals surface area contributed by atoms with Crippen molar-refractivity contribution in [1.29, 1.82) is 0 Å². The third-order valence-corrected chi connectivity index (χ3v) is 2.69. The molecule has 15 heavy (non-hydrogen) atoms. The van der Waals surface area contributed by atoms with Crippen LogP contribution in [0.4, 0.5) is 0 Å². The summed E-state index contributed by atoms with van der Waals surface area (Å²) in [5.74, 6) is 0. The smallest absolute Gasteiger partial charge is 0.0702 e. The predicted molar refractivity (Wildman–Crippen MR) is 64.2 cm³/mol. The SMILES string of the molecule is CN(CCNC(C)(C)C)C[C@@H]1CCCO1. The molecule has 0 amide bonds. The van der Waals surface area contributed by atoms with Crippen molar-refractivity contribution in [2.24, 2.45) is 0 Å². The molecule has 1 fully saturated rings. The number of ether oxygens (including phenoxy) is 1. The summed E-state index contributed by atoms with van der Waals surface area (Å²) in [5, 5.41) is 3.50. The van der Waals surface area contributed by atoms with E-state index >= 15 is 0 Å². The van der Waals surface area contributed by atoms with Gasteiger partial charge in [0.05, 0.1) is 6.10 Å². The molecule has 0 aromatic heterocycles. The molecule has 0 aliphatic carbocycles. The van der Waals surface area contributed by atoms with Crippen molar-refractivity contribution in [2.75, 3.05) is 33.3 Å². The molecule has 1 aliphatic heterocycles. The highest BCUT2D eigenvalue weighted by molar-refractivity contribution is 4.72. The van der Waals surface area contributed by atoms with E-state index in [0.29, 0.717) is 6.10 Å². The molecule has 1 atom stereocenters. The second-order valence-corrected chi connectivity index (χ2v) is 5.57. The van der Waals surface area contributed by atoms with Crippen LogP contribution in [-0.2, 0) is 4.74 Å². The summed E-state index contributed by atoms with van der Waals surface area (Å²) in [6, 6.07) is 0. The zero-order valence-electron chi connectivity index (χ0n) is 10.7. The minimum atomic E-state index is 0.227. The average Bonchev–Trinajstić information content (AvgIpc) is 2.54. The third kappa shape index (κ3) is 6.13. The summed E-state index contributed by atoms with van der Waals surface area (Å²) in [4.78, 5) is 2.36. The Balaban J connectivity index is 2.05. The van der Waals surface area contributed by atoms with Gasteiger partial charge in [-0.3, -0.25) is 0 Å². The molecule has 0 aromatic carbocycles. The van der Waals surface area contributed by atoms with Gasteiger partial charge in [0.2, 0.25) is 0 Å². The van der Waals surface area contributed by atoms with Crippen LogP contribution in [0.2, 0.25) is 0 Å². The van der Waals surface area contributed by atoms with E-state index in [0.717, 1.165) is 26.2 Å². The number of rotatable bonds is 5. The van der Waals surface area contributed by atoms with E-state index in [-0.39, 0.29) is 5.54 Å². The molecule has 1 heterocycles. The number of likely N-dealkylation sites (N-methyl/N-ethyl adjacent to an activating group) is 1. The standard InChI is InChI=1S/C12H26N2O/c1-12(2,3)13-7-8-14(4)10-11-6-5-9-15-11/h11,13H,5-10H2,1-4H3/t11-/m0/s1. The predicted octanol–water partition coefficient (Wildman–Crippen LogP) is 1.49. The van der Waals surface area contributed by atoms with E-state index in [1.165, 1.54) is 12.8 Å². The summed E-state index contributed by atoms with van der Waals surface area (Å²) in [6.45, 7) is 10.8. The molecule has 0 bridgehead atoms. The van der Waals surface area contributed by atoms with E-state index in [4.69, 9.17) is 4.74 Å². The second-order valence-electron chi connectivity index (χ2n) is 5.57. The Bertz CT molecular complexity index is 171. The molecule has 0 radical (unpaired) electrons. The molecular formula is C12H26N2O. The Morgan fingerprint density at radius 1 is 1.40 bits per heavy atom. The number of hydrogen-bond donors (Lipinski definition) is 1. The topological polar surface area (TPSA) is 24.5 Å². The van der Waals surface area contributed by atoms with Crippen molar-refractivity contribution >= 4 is 0 Å². The molecule has 1 aliphatic rings. The zero-order chi connectivity index (χ0) is 11.3. The van der Waals surface area contributed by atoms with Gasteiger partial charge in [-0.1, -0.05) is 0 Å². The van der Waals surface area contributed by atoms with Crippen LogP contribution in [-0.4, -0.2) is 49.8 Å². The van der Waals surface area contributed by atoms with Crippen LogP contribution in [0, 0.1) is 0 Å². The summed E-state index contributed by atoms with van der Waals surface area (Å²) >= 11 is 0. The van der Waals surface area contributed by atoms with E-state index in [1.54, 1.807) is 0 Å². The average molecular weight is 214 g/mol. The van der Waals surface area contributed by atoms with E-state index in [1.807, 2.05) is 0 Å². The van der Waals surface area contributed by atoms with Crippen molar-refractivity contribution in [3.63, 3.8) is 0 Å². The summed E-state index contributed by atoms with van der Waals surface area (Å²) in [7, 11) is 2.17. The lowest BCUT2D eigenvalue weighted by atomic mass is 10.1. The molecule has 0 spiro atoms. The van der Waals surface area contributed by atoms with E-state index in [9.17, 15) is 0 Å². The largest absolute Gasteiger partial charge is 0.377 e. The van der Waals surface area contributed by atoms with E-state index in [2.05, 4.69) is 38.0 Å². The maximum Gasteiger partial charge on any atom is 0.0702 e. The number of nitrogens with zero attached hydrogens (tertiary/aromatic N) is 1. The highest BCUT2D eigenvalue weighted by Gasteiger charge is 2.17. The molecular weight excluding hydrogens is 188 g/mol. The third-order valence-electron chi connectivity index (χ3n) is 2.69. The van der Waals surface area contributed by atoms with Gasteiger partial charge >= 0.3 is 0 Å². The van der Waals surface area contributed by atoms with Crippen LogP contribution < -0.4 is 5.32 Å². The lowest BCUT2D eigenvalue weighted by Crippen LogP contribution is -2.41. The van der Waals surface area contributed by atoms with Crippen LogP contribution in [0.5, 0.6) is 0 Å². The van der Waals surface area contributed by atoms with Crippen molar-refractivity contribution < 1.29 is 4.74 Å². The summed E-state index contributed by atoms with van der Waals surface area (Å²) in [5.41, 5.74) is 0.227. The first-order valence-electron chi connectivity index (χ1n) is 6.02. The minimum Gasteiger partial charge on any atom is -0.377 e. The van der Waals surface area contributed by atoms with Gasteiger partial charge in [-0.05, 0) is 40.7 Å². The summed E-state index contributed by atoms with van der Waals surface area (Å²) < 4.78 is 5.61. The van der Waals surface area contributed by atoms with Crippen LogP contribution >= 0.6 is 0 Å². The fourth-order valence-electron chi connectivity index (χ4n) is 1.85. The highest BCUT2D eigenvalue weighted by Crippen LogP contribution is 2.12. The first kappa shape index (κ1) is 12.9. The Morgan fingerprint density at radius 2 is 2.13 bits per heavy atom. The summed E-state index contributed by atoms with van der Waals surface area (Å²) in [6.07, 6.45) is 2.94. The monoisotopic (exact) mass is 214 g/mol. The first-order chi connectivity index (χ1) is 6.97. The molecule has 0 aromatic rings. The fourth-order valence-corrected chi connectivity index (χ4v) is 1.85. The zero-order valence-corrected chi connectivity index (χ0v) is 10.7. The Labute approximate surface area is 94.2 Å². The Morgan fingerprint density at radius 3 is 2.67 bits per heavy atom.